The lowest BCUT2D eigenvalue weighted by molar-refractivity contribution is -0.112. The number of carbonyl (C=O) groups excluding carboxylic acids is 1. The highest BCUT2D eigenvalue weighted by atomic mass is 35.5. The van der Waals surface area contributed by atoms with Gasteiger partial charge in [0, 0.05) is 25.0 Å². The number of nitrogen functional groups attached to an aromatic ring is 1. The Bertz CT molecular complexity index is 618. The molecule has 0 aliphatic carbocycles. The van der Waals surface area contributed by atoms with E-state index in [0.29, 0.717) is 22.9 Å². The predicted molar refractivity (Wildman–Crippen MR) is 85.2 cm³/mol. The highest BCUT2D eigenvalue weighted by molar-refractivity contribution is 6.34. The summed E-state index contributed by atoms with van der Waals surface area (Å²) >= 11 is 5.98. The summed E-state index contributed by atoms with van der Waals surface area (Å²) in [6, 6.07) is 6.59. The Hall–Kier alpha value is -2.23. The summed E-state index contributed by atoms with van der Waals surface area (Å²) in [6.45, 7) is 1.33. The topological polar surface area (TPSA) is 100 Å². The number of hydrogen-bond acceptors (Lipinski definition) is 5. The van der Waals surface area contributed by atoms with Crippen LogP contribution in [0, 0.1) is 11.3 Å². The van der Waals surface area contributed by atoms with Gasteiger partial charge < -0.3 is 21.1 Å². The molecule has 1 unspecified atom stereocenters. The molecule has 4 N–H and O–H groups in total. The van der Waals surface area contributed by atoms with Crippen LogP contribution in [0.2, 0.25) is 5.02 Å². The van der Waals surface area contributed by atoms with Crippen molar-refractivity contribution in [1.82, 2.24) is 5.32 Å². The molecule has 1 heterocycles. The van der Waals surface area contributed by atoms with Crippen LogP contribution in [0.4, 0.5) is 11.4 Å². The number of ether oxygens (including phenoxy) is 1. The van der Waals surface area contributed by atoms with Crippen LogP contribution in [0.1, 0.15) is 12.8 Å². The second-order valence-electron chi connectivity index (χ2n) is 4.91. The fourth-order valence-electron chi connectivity index (χ4n) is 2.07. The largest absolute Gasteiger partial charge is 0.399 e. The van der Waals surface area contributed by atoms with Gasteiger partial charge in [0.15, 0.2) is 0 Å². The van der Waals surface area contributed by atoms with Gasteiger partial charge in [0.25, 0.3) is 5.91 Å². The Morgan fingerprint density at radius 3 is 3.05 bits per heavy atom. The van der Waals surface area contributed by atoms with Gasteiger partial charge in [-0.2, -0.15) is 5.26 Å². The lowest BCUT2D eigenvalue weighted by Gasteiger charge is -2.10. The molecule has 22 heavy (non-hydrogen) atoms. The normalized spacial score (nSPS) is 17.8. The van der Waals surface area contributed by atoms with Crippen molar-refractivity contribution in [3.63, 3.8) is 0 Å². The Kier molecular flexibility index (Phi) is 5.64. The number of nitrogens with one attached hydrogen (secondary N) is 2. The first kappa shape index (κ1) is 16.1. The van der Waals surface area contributed by atoms with Gasteiger partial charge >= 0.3 is 0 Å². The summed E-state index contributed by atoms with van der Waals surface area (Å²) in [4.78, 5) is 12.0. The van der Waals surface area contributed by atoms with E-state index in [1.807, 2.05) is 6.07 Å². The molecule has 1 saturated heterocycles. The third-order valence-corrected chi connectivity index (χ3v) is 3.54. The van der Waals surface area contributed by atoms with Crippen LogP contribution in [0.5, 0.6) is 0 Å². The molecule has 116 valence electrons. The van der Waals surface area contributed by atoms with E-state index >= 15 is 0 Å². The number of hydrogen-bond donors (Lipinski definition) is 3. The molecule has 1 amide bonds. The number of nitrogens with zero attached hydrogens (tertiary/aromatic N) is 1. The van der Waals surface area contributed by atoms with Gasteiger partial charge in [0.05, 0.1) is 16.8 Å². The monoisotopic (exact) mass is 320 g/mol. The minimum Gasteiger partial charge on any atom is -0.399 e. The maximum atomic E-state index is 12.0. The van der Waals surface area contributed by atoms with E-state index in [2.05, 4.69) is 10.6 Å². The SMILES string of the molecule is N#C/C(=C/NCC1CCCO1)C(=O)Nc1ccc(N)cc1Cl. The standard InChI is InChI=1S/C15H17ClN4O2/c16-13-6-11(18)3-4-14(13)20-15(21)10(7-17)8-19-9-12-2-1-5-22-12/h3-4,6,8,12,19H,1-2,5,9,18H2,(H,20,21)/b10-8-. The molecule has 6 nitrogen and oxygen atoms in total. The number of benzene rings is 1. The number of nitrogens with two attached hydrogens (primary N) is 1. The molecule has 1 fully saturated rings. The summed E-state index contributed by atoms with van der Waals surface area (Å²) in [5, 5.41) is 14.9. The molecule has 1 aromatic carbocycles. The van der Waals surface area contributed by atoms with Crippen LogP contribution in [0.25, 0.3) is 0 Å². The Morgan fingerprint density at radius 1 is 1.59 bits per heavy atom. The van der Waals surface area contributed by atoms with Crippen LogP contribution in [0.3, 0.4) is 0 Å². The maximum absolute atomic E-state index is 12.0. The number of halogens is 1. The first-order chi connectivity index (χ1) is 10.6. The van der Waals surface area contributed by atoms with Crippen LogP contribution in [0.15, 0.2) is 30.0 Å². The van der Waals surface area contributed by atoms with Crippen molar-refractivity contribution in [2.75, 3.05) is 24.2 Å². The summed E-state index contributed by atoms with van der Waals surface area (Å²) in [5.41, 5.74) is 6.45. The van der Waals surface area contributed by atoms with Gasteiger partial charge in [-0.25, -0.2) is 0 Å². The van der Waals surface area contributed by atoms with E-state index in [4.69, 9.17) is 27.3 Å². The highest BCUT2D eigenvalue weighted by Gasteiger charge is 2.15. The lowest BCUT2D eigenvalue weighted by Crippen LogP contribution is -2.24. The zero-order valence-corrected chi connectivity index (χ0v) is 12.7. The van der Waals surface area contributed by atoms with Crippen LogP contribution >= 0.6 is 11.6 Å². The molecule has 2 rings (SSSR count). The summed E-state index contributed by atoms with van der Waals surface area (Å²) in [6.07, 6.45) is 3.54. The van der Waals surface area contributed by atoms with E-state index in [1.165, 1.54) is 12.3 Å². The average Bonchev–Trinajstić information content (AvgIpc) is 2.99. The first-order valence-corrected chi connectivity index (χ1v) is 7.29. The molecular weight excluding hydrogens is 304 g/mol. The molecule has 0 spiro atoms. The molecule has 1 atom stereocenters. The smallest absolute Gasteiger partial charge is 0.267 e. The quantitative estimate of drug-likeness (QED) is 0.438. The van der Waals surface area contributed by atoms with Crippen LogP contribution < -0.4 is 16.4 Å². The van der Waals surface area contributed by atoms with E-state index in [-0.39, 0.29) is 11.7 Å². The summed E-state index contributed by atoms with van der Waals surface area (Å²) in [5.74, 6) is -0.533. The van der Waals surface area contributed by atoms with E-state index < -0.39 is 5.91 Å². The fraction of sp³-hybridized carbons (Fsp3) is 0.333. The second kappa shape index (κ2) is 7.69. The van der Waals surface area contributed by atoms with Crippen molar-refractivity contribution < 1.29 is 9.53 Å². The minimum atomic E-state index is -0.533. The third kappa shape index (κ3) is 4.38. The van der Waals surface area contributed by atoms with E-state index in [0.717, 1.165) is 19.4 Å². The highest BCUT2D eigenvalue weighted by Crippen LogP contribution is 2.24. The molecule has 0 radical (unpaired) electrons. The fourth-order valence-corrected chi connectivity index (χ4v) is 2.30. The van der Waals surface area contributed by atoms with Crippen molar-refractivity contribution in [2.24, 2.45) is 0 Å². The van der Waals surface area contributed by atoms with Crippen molar-refractivity contribution >= 4 is 28.9 Å². The number of rotatable bonds is 5. The molecule has 7 heteroatoms. The van der Waals surface area contributed by atoms with Gasteiger partial charge in [-0.1, -0.05) is 11.6 Å². The van der Waals surface area contributed by atoms with Gasteiger partial charge in [-0.15, -0.1) is 0 Å². The van der Waals surface area contributed by atoms with Crippen molar-refractivity contribution in [3.8, 4) is 6.07 Å². The number of anilines is 2. The Morgan fingerprint density at radius 2 is 2.41 bits per heavy atom. The molecule has 1 aliphatic rings. The van der Waals surface area contributed by atoms with Gasteiger partial charge in [-0.3, -0.25) is 4.79 Å². The van der Waals surface area contributed by atoms with Gasteiger partial charge in [0.2, 0.25) is 0 Å². The number of carbonyl (C=O) groups is 1. The van der Waals surface area contributed by atoms with Gasteiger partial charge in [-0.05, 0) is 31.0 Å². The molecule has 0 aromatic heterocycles. The first-order valence-electron chi connectivity index (χ1n) is 6.92. The van der Waals surface area contributed by atoms with E-state index in [1.54, 1.807) is 12.1 Å². The maximum Gasteiger partial charge on any atom is 0.267 e. The average molecular weight is 321 g/mol. The summed E-state index contributed by atoms with van der Waals surface area (Å²) < 4.78 is 5.45. The van der Waals surface area contributed by atoms with Crippen molar-refractivity contribution in [3.05, 3.63) is 35.0 Å². The number of amides is 1. The molecule has 1 aromatic rings. The Balaban J connectivity index is 1.94. The zero-order valence-electron chi connectivity index (χ0n) is 11.9. The van der Waals surface area contributed by atoms with Crippen molar-refractivity contribution in [1.29, 1.82) is 5.26 Å². The third-order valence-electron chi connectivity index (χ3n) is 3.22. The van der Waals surface area contributed by atoms with E-state index in [9.17, 15) is 4.79 Å². The van der Waals surface area contributed by atoms with Crippen LogP contribution in [-0.2, 0) is 9.53 Å². The van der Waals surface area contributed by atoms with Crippen LogP contribution in [-0.4, -0.2) is 25.2 Å². The predicted octanol–water partition coefficient (Wildman–Crippen LogP) is 2.04. The number of nitriles is 1. The molecule has 0 bridgehead atoms. The molecule has 1 aliphatic heterocycles. The van der Waals surface area contributed by atoms with Crippen molar-refractivity contribution in [2.45, 2.75) is 18.9 Å². The molecular formula is C15H17ClN4O2. The second-order valence-corrected chi connectivity index (χ2v) is 5.31. The Labute approximate surface area is 133 Å². The summed E-state index contributed by atoms with van der Waals surface area (Å²) in [7, 11) is 0. The lowest BCUT2D eigenvalue weighted by atomic mass is 10.2. The molecule has 0 saturated carbocycles. The zero-order chi connectivity index (χ0) is 15.9. The van der Waals surface area contributed by atoms with Gasteiger partial charge in [0.1, 0.15) is 11.6 Å². The minimum absolute atomic E-state index is 0.0362.